The van der Waals surface area contributed by atoms with Crippen molar-refractivity contribution in [2.75, 3.05) is 6.67 Å². The van der Waals surface area contributed by atoms with Gasteiger partial charge in [0.1, 0.15) is 12.5 Å². The molecule has 1 aromatic heterocycles. The summed E-state index contributed by atoms with van der Waals surface area (Å²) in [7, 11) is 0. The summed E-state index contributed by atoms with van der Waals surface area (Å²) in [4.78, 5) is 54.5. The molecule has 3 aromatic rings. The van der Waals surface area contributed by atoms with Gasteiger partial charge in [0.15, 0.2) is 11.6 Å². The van der Waals surface area contributed by atoms with E-state index in [1.807, 2.05) is 0 Å². The van der Waals surface area contributed by atoms with Crippen LogP contribution in [-0.2, 0) is 14.4 Å². The van der Waals surface area contributed by atoms with Crippen LogP contribution < -0.4 is 5.56 Å². The van der Waals surface area contributed by atoms with E-state index in [1.165, 1.54) is 30.2 Å². The molecule has 178 valence electrons. The minimum absolute atomic E-state index is 0.188. The fourth-order valence-electron chi connectivity index (χ4n) is 3.65. The van der Waals surface area contributed by atoms with Crippen LogP contribution in [-0.4, -0.2) is 38.9 Å². The van der Waals surface area contributed by atoms with Gasteiger partial charge in [0.25, 0.3) is 5.56 Å². The minimum Gasteiger partial charge on any atom is -0.481 e. The van der Waals surface area contributed by atoms with Crippen LogP contribution in [0.4, 0.5) is 8.78 Å². The summed E-state index contributed by atoms with van der Waals surface area (Å²) in [6, 6.07) is 10.0. The molecule has 0 fully saturated rings. The molecule has 10 heteroatoms. The summed E-state index contributed by atoms with van der Waals surface area (Å²) in [5.74, 6) is -4.52. The number of halogens is 2. The summed E-state index contributed by atoms with van der Waals surface area (Å²) >= 11 is 1.26. The van der Waals surface area contributed by atoms with E-state index in [1.54, 1.807) is 37.3 Å². The van der Waals surface area contributed by atoms with Crippen molar-refractivity contribution in [3.63, 3.8) is 0 Å². The third-order valence-electron chi connectivity index (χ3n) is 5.34. The lowest BCUT2D eigenvalue weighted by Crippen LogP contribution is -2.32. The Morgan fingerprint density at radius 3 is 2.47 bits per heavy atom. The van der Waals surface area contributed by atoms with Gasteiger partial charge in [-0.05, 0) is 42.8 Å². The number of aliphatic carboxylic acids is 1. The third kappa shape index (κ3) is 5.93. The van der Waals surface area contributed by atoms with Crippen molar-refractivity contribution in [3.05, 3.63) is 65.0 Å². The first-order chi connectivity index (χ1) is 16.2. The second-order valence-electron chi connectivity index (χ2n) is 7.68. The average molecular weight is 489 g/mol. The Labute approximate surface area is 197 Å². The maximum Gasteiger partial charge on any atom is 0.304 e. The smallest absolute Gasteiger partial charge is 0.304 e. The largest absolute Gasteiger partial charge is 0.481 e. The van der Waals surface area contributed by atoms with Crippen LogP contribution in [0.2, 0.25) is 0 Å². The molecule has 0 spiro atoms. The monoisotopic (exact) mass is 488 g/mol. The summed E-state index contributed by atoms with van der Waals surface area (Å²) in [6.07, 6.45) is 0.260. The number of ketones is 2. The highest BCUT2D eigenvalue weighted by Gasteiger charge is 2.29. The van der Waals surface area contributed by atoms with Crippen molar-refractivity contribution in [2.45, 2.75) is 42.0 Å². The average Bonchev–Trinajstić information content (AvgIpc) is 2.80. The number of hydrogen-bond acceptors (Lipinski definition) is 6. The molecule has 0 amide bonds. The van der Waals surface area contributed by atoms with Crippen molar-refractivity contribution < 1.29 is 28.3 Å². The number of Topliss-reactive ketones (excluding diaryl/α,β-unsaturated/α-hetero) is 2. The molecule has 1 N–H and O–H groups in total. The maximum absolute atomic E-state index is 13.5. The molecular formula is C24H22F2N2O5S. The minimum atomic E-state index is -1.37. The second-order valence-corrected chi connectivity index (χ2v) is 8.83. The number of carbonyl (C=O) groups excluding carboxylic acids is 2. The highest BCUT2D eigenvalue weighted by Crippen LogP contribution is 2.29. The highest BCUT2D eigenvalue weighted by atomic mass is 32.2. The van der Waals surface area contributed by atoms with Crippen LogP contribution in [0.25, 0.3) is 10.9 Å². The molecule has 3 rings (SSSR count). The summed E-state index contributed by atoms with van der Waals surface area (Å²) < 4.78 is 27.5. The standard InChI is InChI=1S/C24H22F2N2O5S/c1-2-20(21(29)8-14(9-23(31)32)22(30)12-25)28-13-27-19-7-6-17(11-18(19)24(28)33)34-16-5-3-4-15(26)10-16/h3-7,10-11,13-14,20H,2,8-9,12H2,1H3,(H,31,32)/t14?,20-/m0/s1. The van der Waals surface area contributed by atoms with Crippen LogP contribution in [0.1, 0.15) is 32.2 Å². The van der Waals surface area contributed by atoms with E-state index in [0.717, 1.165) is 4.57 Å². The van der Waals surface area contributed by atoms with Crippen molar-refractivity contribution in [3.8, 4) is 0 Å². The van der Waals surface area contributed by atoms with Crippen LogP contribution in [0.5, 0.6) is 0 Å². The van der Waals surface area contributed by atoms with Crippen molar-refractivity contribution in [1.82, 2.24) is 9.55 Å². The lowest BCUT2D eigenvalue weighted by molar-refractivity contribution is -0.141. The molecule has 0 bridgehead atoms. The van der Waals surface area contributed by atoms with Gasteiger partial charge in [-0.3, -0.25) is 23.7 Å². The van der Waals surface area contributed by atoms with E-state index in [9.17, 15) is 28.0 Å². The first kappa shape index (κ1) is 25.2. The van der Waals surface area contributed by atoms with Gasteiger partial charge in [-0.2, -0.15) is 0 Å². The van der Waals surface area contributed by atoms with Crippen molar-refractivity contribution in [1.29, 1.82) is 0 Å². The van der Waals surface area contributed by atoms with E-state index in [4.69, 9.17) is 5.11 Å². The number of hydrogen-bond donors (Lipinski definition) is 1. The first-order valence-electron chi connectivity index (χ1n) is 10.5. The lowest BCUT2D eigenvalue weighted by atomic mass is 9.91. The molecular weight excluding hydrogens is 466 g/mol. The Morgan fingerprint density at radius 2 is 1.82 bits per heavy atom. The van der Waals surface area contributed by atoms with Gasteiger partial charge in [-0.1, -0.05) is 24.8 Å². The number of carboxylic acid groups (broad SMARTS) is 1. The Hall–Kier alpha value is -3.40. The van der Waals surface area contributed by atoms with E-state index in [0.29, 0.717) is 15.3 Å². The van der Waals surface area contributed by atoms with E-state index in [-0.39, 0.29) is 17.6 Å². The topological polar surface area (TPSA) is 106 Å². The van der Waals surface area contributed by atoms with Crippen molar-refractivity contribution in [2.24, 2.45) is 5.92 Å². The van der Waals surface area contributed by atoms with Crippen LogP contribution in [0.3, 0.4) is 0 Å². The molecule has 0 aliphatic rings. The fourth-order valence-corrected chi connectivity index (χ4v) is 4.55. The molecule has 0 aliphatic heterocycles. The van der Waals surface area contributed by atoms with E-state index < -0.39 is 54.6 Å². The van der Waals surface area contributed by atoms with Gasteiger partial charge in [-0.15, -0.1) is 0 Å². The quantitative estimate of drug-likeness (QED) is 0.431. The van der Waals surface area contributed by atoms with Crippen LogP contribution >= 0.6 is 11.8 Å². The van der Waals surface area contributed by atoms with Crippen molar-refractivity contribution >= 4 is 40.2 Å². The zero-order valence-electron chi connectivity index (χ0n) is 18.2. The zero-order chi connectivity index (χ0) is 24.8. The van der Waals surface area contributed by atoms with Gasteiger partial charge in [0, 0.05) is 22.1 Å². The maximum atomic E-state index is 13.5. The molecule has 2 aromatic carbocycles. The predicted molar refractivity (Wildman–Crippen MR) is 122 cm³/mol. The molecule has 1 unspecified atom stereocenters. The Morgan fingerprint density at radius 1 is 1.09 bits per heavy atom. The molecule has 0 aliphatic carbocycles. The summed E-state index contributed by atoms with van der Waals surface area (Å²) in [5, 5.41) is 9.24. The Kier molecular flexibility index (Phi) is 8.27. The summed E-state index contributed by atoms with van der Waals surface area (Å²) in [6.45, 7) is 0.295. The zero-order valence-corrected chi connectivity index (χ0v) is 19.1. The van der Waals surface area contributed by atoms with Crippen LogP contribution in [0.15, 0.2) is 63.4 Å². The number of benzene rings is 2. The molecule has 2 atom stereocenters. The highest BCUT2D eigenvalue weighted by molar-refractivity contribution is 7.99. The van der Waals surface area contributed by atoms with Gasteiger partial charge < -0.3 is 5.11 Å². The Balaban J connectivity index is 1.92. The lowest BCUT2D eigenvalue weighted by Gasteiger charge is -2.19. The molecule has 0 radical (unpaired) electrons. The van der Waals surface area contributed by atoms with E-state index >= 15 is 0 Å². The Bertz CT molecular complexity index is 1290. The third-order valence-corrected chi connectivity index (χ3v) is 6.32. The first-order valence-corrected chi connectivity index (χ1v) is 11.3. The van der Waals surface area contributed by atoms with Gasteiger partial charge >= 0.3 is 5.97 Å². The fraction of sp³-hybridized carbons (Fsp3) is 0.292. The number of aromatic nitrogens is 2. The second kappa shape index (κ2) is 11.1. The number of alkyl halides is 1. The molecule has 0 saturated heterocycles. The normalized spacial score (nSPS) is 12.9. The predicted octanol–water partition coefficient (Wildman–Crippen LogP) is 4.23. The van der Waals surface area contributed by atoms with Gasteiger partial charge in [-0.25, -0.2) is 13.8 Å². The van der Waals surface area contributed by atoms with E-state index in [2.05, 4.69) is 4.98 Å². The number of nitrogens with zero attached hydrogens (tertiary/aromatic N) is 2. The number of rotatable bonds is 11. The van der Waals surface area contributed by atoms with Gasteiger partial charge in [0.2, 0.25) is 0 Å². The van der Waals surface area contributed by atoms with Gasteiger partial charge in [0.05, 0.1) is 29.7 Å². The SMILES string of the molecule is CC[C@@H](C(=O)CC(CC(=O)O)C(=O)CF)n1cnc2ccc(Sc3cccc(F)c3)cc2c1=O. The summed E-state index contributed by atoms with van der Waals surface area (Å²) in [5.41, 5.74) is -0.0815. The molecule has 1 heterocycles. The molecule has 7 nitrogen and oxygen atoms in total. The number of carbonyl (C=O) groups is 3. The van der Waals surface area contributed by atoms with Crippen LogP contribution in [0, 0.1) is 11.7 Å². The molecule has 34 heavy (non-hydrogen) atoms. The molecule has 0 saturated carbocycles. The number of fused-ring (bicyclic) bond motifs is 1. The number of carboxylic acids is 1.